The summed E-state index contributed by atoms with van der Waals surface area (Å²) in [7, 11) is 2.23. The molecule has 20 heavy (non-hydrogen) atoms. The molecule has 0 aliphatic heterocycles. The lowest BCUT2D eigenvalue weighted by Crippen LogP contribution is -2.39. The zero-order chi connectivity index (χ0) is 15.1. The van der Waals surface area contributed by atoms with Crippen molar-refractivity contribution in [1.82, 2.24) is 10.2 Å². The Labute approximate surface area is 125 Å². The van der Waals surface area contributed by atoms with Gasteiger partial charge in [-0.1, -0.05) is 50.6 Å². The van der Waals surface area contributed by atoms with Crippen LogP contribution in [0.2, 0.25) is 0 Å². The van der Waals surface area contributed by atoms with Gasteiger partial charge in [0.15, 0.2) is 0 Å². The molecule has 0 fully saturated rings. The Morgan fingerprint density at radius 2 is 1.60 bits per heavy atom. The predicted octanol–water partition coefficient (Wildman–Crippen LogP) is 3.70. The molecule has 0 aromatic heterocycles. The molecule has 0 radical (unpaired) electrons. The van der Waals surface area contributed by atoms with E-state index in [2.05, 4.69) is 76.1 Å². The molecular formula is C18H32N2. The molecule has 0 aliphatic carbocycles. The summed E-state index contributed by atoms with van der Waals surface area (Å²) in [5.41, 5.74) is 2.72. The molecule has 1 rings (SSSR count). The second-order valence-corrected chi connectivity index (χ2v) is 6.67. The molecule has 0 saturated carbocycles. The number of rotatable bonds is 8. The molecule has 0 aliphatic rings. The van der Waals surface area contributed by atoms with Crippen LogP contribution in [0.5, 0.6) is 0 Å². The summed E-state index contributed by atoms with van der Waals surface area (Å²) in [6, 6.07) is 9.44. The molecule has 2 heteroatoms. The van der Waals surface area contributed by atoms with E-state index in [9.17, 15) is 0 Å². The van der Waals surface area contributed by atoms with Crippen LogP contribution in [0.25, 0.3) is 0 Å². The molecule has 1 N–H and O–H groups in total. The maximum atomic E-state index is 3.57. The zero-order valence-corrected chi connectivity index (χ0v) is 14.1. The quantitative estimate of drug-likeness (QED) is 0.779. The van der Waals surface area contributed by atoms with Gasteiger partial charge in [-0.15, -0.1) is 0 Å². The topological polar surface area (TPSA) is 15.3 Å². The maximum absolute atomic E-state index is 3.57. The molecule has 2 nitrogen and oxygen atoms in total. The molecule has 0 bridgehead atoms. The van der Waals surface area contributed by atoms with Crippen LogP contribution in [-0.4, -0.2) is 31.1 Å². The maximum Gasteiger partial charge on any atom is 0.0233 e. The summed E-state index contributed by atoms with van der Waals surface area (Å²) in [5.74, 6) is 1.38. The number of benzene rings is 1. The Balaban J connectivity index is 2.41. The van der Waals surface area contributed by atoms with Gasteiger partial charge in [-0.2, -0.15) is 0 Å². The van der Waals surface area contributed by atoms with Crippen molar-refractivity contribution in [3.63, 3.8) is 0 Å². The van der Waals surface area contributed by atoms with E-state index in [4.69, 9.17) is 0 Å². The second-order valence-electron chi connectivity index (χ2n) is 6.67. The summed E-state index contributed by atoms with van der Waals surface area (Å²) in [5, 5.41) is 3.57. The molecule has 2 unspecified atom stereocenters. The van der Waals surface area contributed by atoms with Gasteiger partial charge in [0.1, 0.15) is 0 Å². The molecule has 1 aromatic rings. The van der Waals surface area contributed by atoms with Crippen LogP contribution >= 0.6 is 0 Å². The van der Waals surface area contributed by atoms with Crippen LogP contribution in [0.4, 0.5) is 0 Å². The van der Waals surface area contributed by atoms with Crippen molar-refractivity contribution in [3.05, 3.63) is 35.4 Å². The standard InChI is InChI=1S/C18H32N2/c1-14(2)11-19-12-16(4)17(5)20(6)13-18-9-7-15(3)8-10-18/h7-10,14,16-17,19H,11-13H2,1-6H3. The van der Waals surface area contributed by atoms with Crippen LogP contribution in [0, 0.1) is 18.8 Å². The summed E-state index contributed by atoms with van der Waals surface area (Å²) in [6.07, 6.45) is 0. The fraction of sp³-hybridized carbons (Fsp3) is 0.667. The van der Waals surface area contributed by atoms with Gasteiger partial charge in [-0.25, -0.2) is 0 Å². The van der Waals surface area contributed by atoms with Crippen LogP contribution in [0.15, 0.2) is 24.3 Å². The third-order valence-corrected chi connectivity index (χ3v) is 4.09. The highest BCUT2D eigenvalue weighted by atomic mass is 15.1. The van der Waals surface area contributed by atoms with E-state index >= 15 is 0 Å². The molecule has 0 amide bonds. The highest BCUT2D eigenvalue weighted by Gasteiger charge is 2.16. The third kappa shape index (κ3) is 6.06. The number of nitrogens with zero attached hydrogens (tertiary/aromatic N) is 1. The molecule has 114 valence electrons. The minimum atomic E-state index is 0.580. The second kappa shape index (κ2) is 8.43. The van der Waals surface area contributed by atoms with Crippen molar-refractivity contribution in [2.45, 2.75) is 47.2 Å². The summed E-state index contributed by atoms with van der Waals surface area (Å²) < 4.78 is 0. The smallest absolute Gasteiger partial charge is 0.0233 e. The molecular weight excluding hydrogens is 244 g/mol. The normalized spacial score (nSPS) is 14.8. The van der Waals surface area contributed by atoms with E-state index in [1.807, 2.05) is 0 Å². The average molecular weight is 276 g/mol. The van der Waals surface area contributed by atoms with Gasteiger partial charge >= 0.3 is 0 Å². The Kier molecular flexibility index (Phi) is 7.25. The Morgan fingerprint density at radius 3 is 2.15 bits per heavy atom. The fourth-order valence-corrected chi connectivity index (χ4v) is 2.33. The van der Waals surface area contributed by atoms with E-state index in [1.165, 1.54) is 11.1 Å². The van der Waals surface area contributed by atoms with Crippen molar-refractivity contribution in [3.8, 4) is 0 Å². The molecule has 1 aromatic carbocycles. The van der Waals surface area contributed by atoms with Crippen molar-refractivity contribution < 1.29 is 0 Å². The Hall–Kier alpha value is -0.860. The first-order valence-electron chi connectivity index (χ1n) is 7.86. The van der Waals surface area contributed by atoms with Crippen molar-refractivity contribution >= 4 is 0 Å². The first-order valence-corrected chi connectivity index (χ1v) is 7.86. The number of hydrogen-bond donors (Lipinski definition) is 1. The average Bonchev–Trinajstić information content (AvgIpc) is 2.39. The largest absolute Gasteiger partial charge is 0.316 e. The van der Waals surface area contributed by atoms with Crippen LogP contribution in [-0.2, 0) is 6.54 Å². The van der Waals surface area contributed by atoms with Crippen LogP contribution in [0.1, 0.15) is 38.8 Å². The van der Waals surface area contributed by atoms with Gasteiger partial charge in [0, 0.05) is 12.6 Å². The summed E-state index contributed by atoms with van der Waals surface area (Å²) >= 11 is 0. The molecule has 0 heterocycles. The van der Waals surface area contributed by atoms with Crippen molar-refractivity contribution in [1.29, 1.82) is 0 Å². The fourth-order valence-electron chi connectivity index (χ4n) is 2.33. The highest BCUT2D eigenvalue weighted by molar-refractivity contribution is 5.21. The lowest BCUT2D eigenvalue weighted by Gasteiger charge is -2.30. The lowest BCUT2D eigenvalue weighted by atomic mass is 10.0. The van der Waals surface area contributed by atoms with E-state index < -0.39 is 0 Å². The van der Waals surface area contributed by atoms with Gasteiger partial charge in [0.2, 0.25) is 0 Å². The Bertz CT molecular complexity index is 370. The van der Waals surface area contributed by atoms with Gasteiger partial charge in [0.05, 0.1) is 0 Å². The van der Waals surface area contributed by atoms with Gasteiger partial charge in [-0.05, 0) is 51.4 Å². The molecule has 0 saturated heterocycles. The number of hydrogen-bond acceptors (Lipinski definition) is 2. The van der Waals surface area contributed by atoms with Gasteiger partial charge in [0.25, 0.3) is 0 Å². The molecule has 0 spiro atoms. The highest BCUT2D eigenvalue weighted by Crippen LogP contribution is 2.13. The van der Waals surface area contributed by atoms with E-state index in [-0.39, 0.29) is 0 Å². The first-order chi connectivity index (χ1) is 9.40. The zero-order valence-electron chi connectivity index (χ0n) is 14.1. The van der Waals surface area contributed by atoms with Crippen LogP contribution < -0.4 is 5.32 Å². The molecule has 2 atom stereocenters. The van der Waals surface area contributed by atoms with E-state index in [0.29, 0.717) is 12.0 Å². The van der Waals surface area contributed by atoms with Crippen molar-refractivity contribution in [2.24, 2.45) is 11.8 Å². The van der Waals surface area contributed by atoms with E-state index in [0.717, 1.165) is 25.6 Å². The minimum absolute atomic E-state index is 0.580. The van der Waals surface area contributed by atoms with Crippen molar-refractivity contribution in [2.75, 3.05) is 20.1 Å². The number of aryl methyl sites for hydroxylation is 1. The summed E-state index contributed by atoms with van der Waals surface area (Å²) in [6.45, 7) is 14.5. The first kappa shape index (κ1) is 17.2. The van der Waals surface area contributed by atoms with Gasteiger partial charge in [-0.3, -0.25) is 4.90 Å². The Morgan fingerprint density at radius 1 is 1.00 bits per heavy atom. The third-order valence-electron chi connectivity index (χ3n) is 4.09. The minimum Gasteiger partial charge on any atom is -0.316 e. The van der Waals surface area contributed by atoms with Gasteiger partial charge < -0.3 is 5.32 Å². The number of nitrogens with one attached hydrogen (secondary N) is 1. The van der Waals surface area contributed by atoms with E-state index in [1.54, 1.807) is 0 Å². The lowest BCUT2D eigenvalue weighted by molar-refractivity contribution is 0.188. The predicted molar refractivity (Wildman–Crippen MR) is 89.0 cm³/mol. The summed E-state index contributed by atoms with van der Waals surface area (Å²) in [4.78, 5) is 2.45. The monoisotopic (exact) mass is 276 g/mol. The van der Waals surface area contributed by atoms with Crippen LogP contribution in [0.3, 0.4) is 0 Å². The SMILES string of the molecule is Cc1ccc(CN(C)C(C)C(C)CNCC(C)C)cc1.